The molecule has 0 aliphatic heterocycles. The largest absolute Gasteiger partial charge is 0.495 e. The van der Waals surface area contributed by atoms with Crippen LogP contribution < -0.4 is 10.1 Å². The molecule has 25 heavy (non-hydrogen) atoms. The molecule has 0 amide bonds. The summed E-state index contributed by atoms with van der Waals surface area (Å²) >= 11 is 0. The first kappa shape index (κ1) is 16.8. The lowest BCUT2D eigenvalue weighted by molar-refractivity contribution is 0.208. The van der Waals surface area contributed by atoms with Crippen LogP contribution in [0.5, 0.6) is 5.75 Å². The molecule has 6 nitrogen and oxygen atoms in total. The number of anilines is 1. The molecule has 1 heterocycles. The Bertz CT molecular complexity index is 925. The average Bonchev–Trinajstić information content (AvgIpc) is 2.97. The molecule has 0 fully saturated rings. The number of aliphatic hydroxyl groups excluding tert-OH is 1. The maximum Gasteiger partial charge on any atom is 0.204 e. The number of imidazole rings is 1. The highest BCUT2D eigenvalue weighted by Crippen LogP contribution is 2.24. The fourth-order valence-electron chi connectivity index (χ4n) is 2.73. The number of para-hydroxylation sites is 2. The van der Waals surface area contributed by atoms with E-state index in [9.17, 15) is 10.4 Å². The monoisotopic (exact) mass is 336 g/mol. The Kier molecular flexibility index (Phi) is 4.87. The zero-order valence-electron chi connectivity index (χ0n) is 14.2. The summed E-state index contributed by atoms with van der Waals surface area (Å²) in [7, 11) is 1.55. The van der Waals surface area contributed by atoms with E-state index < -0.39 is 6.10 Å². The molecule has 1 aromatic heterocycles. The molecule has 3 rings (SSSR count). The molecule has 2 aromatic carbocycles. The number of aromatic nitrogens is 2. The molecule has 0 aliphatic carbocycles. The highest BCUT2D eigenvalue weighted by Gasteiger charge is 2.12. The van der Waals surface area contributed by atoms with Gasteiger partial charge in [0.1, 0.15) is 11.8 Å². The number of ether oxygens (including phenoxy) is 1. The average molecular weight is 336 g/mol. The van der Waals surface area contributed by atoms with Gasteiger partial charge in [-0.2, -0.15) is 5.26 Å². The number of methoxy groups -OCH3 is 1. The van der Waals surface area contributed by atoms with E-state index in [1.165, 1.54) is 0 Å². The second-order valence-electron chi connectivity index (χ2n) is 5.89. The van der Waals surface area contributed by atoms with Crippen LogP contribution in [0.2, 0.25) is 0 Å². The highest BCUT2D eigenvalue weighted by atomic mass is 16.5. The van der Waals surface area contributed by atoms with Gasteiger partial charge in [-0.3, -0.25) is 0 Å². The molecule has 0 spiro atoms. The second kappa shape index (κ2) is 7.24. The minimum Gasteiger partial charge on any atom is -0.495 e. The lowest BCUT2D eigenvalue weighted by Crippen LogP contribution is -2.18. The van der Waals surface area contributed by atoms with Gasteiger partial charge in [0.15, 0.2) is 0 Å². The molecule has 6 heteroatoms. The van der Waals surface area contributed by atoms with Crippen molar-refractivity contribution in [3.05, 3.63) is 53.6 Å². The molecule has 1 atom stereocenters. The Labute approximate surface area is 146 Å². The molecule has 128 valence electrons. The number of nitrogens with zero attached hydrogens (tertiary/aromatic N) is 3. The Morgan fingerprint density at radius 1 is 1.32 bits per heavy atom. The molecular formula is C19H20N4O2. The van der Waals surface area contributed by atoms with E-state index in [4.69, 9.17) is 4.74 Å². The molecule has 0 bridgehead atoms. The minimum atomic E-state index is -0.473. The van der Waals surface area contributed by atoms with Gasteiger partial charge in [-0.15, -0.1) is 0 Å². The fourth-order valence-corrected chi connectivity index (χ4v) is 2.73. The van der Waals surface area contributed by atoms with Gasteiger partial charge in [0.05, 0.1) is 36.4 Å². The Morgan fingerprint density at radius 2 is 2.12 bits per heavy atom. The molecule has 0 radical (unpaired) electrons. The molecule has 3 aromatic rings. The summed E-state index contributed by atoms with van der Waals surface area (Å²) in [6, 6.07) is 15.6. The van der Waals surface area contributed by atoms with Crippen molar-refractivity contribution < 1.29 is 9.84 Å². The van der Waals surface area contributed by atoms with Gasteiger partial charge < -0.3 is 19.7 Å². The number of hydrogen-bond acceptors (Lipinski definition) is 5. The standard InChI is InChI=1S/C19H20N4O2/c1-13(24)11-21-19-22-16-5-3-4-6-17(16)23(19)12-14-7-8-18(25-2)15(9-14)10-20/h3-9,13,24H,11-12H2,1-2H3,(H,21,22). The van der Waals surface area contributed by atoms with Crippen molar-refractivity contribution in [2.45, 2.75) is 19.6 Å². The van der Waals surface area contributed by atoms with Crippen molar-refractivity contribution >= 4 is 17.0 Å². The van der Waals surface area contributed by atoms with Gasteiger partial charge in [-0.1, -0.05) is 18.2 Å². The van der Waals surface area contributed by atoms with Crippen LogP contribution in [0.3, 0.4) is 0 Å². The first-order chi connectivity index (χ1) is 12.1. The van der Waals surface area contributed by atoms with Crippen LogP contribution in [0.15, 0.2) is 42.5 Å². The summed E-state index contributed by atoms with van der Waals surface area (Å²) in [5.74, 6) is 1.26. The minimum absolute atomic E-state index is 0.412. The summed E-state index contributed by atoms with van der Waals surface area (Å²) < 4.78 is 7.25. The normalized spacial score (nSPS) is 11.9. The predicted octanol–water partition coefficient (Wildman–Crippen LogP) is 2.76. The van der Waals surface area contributed by atoms with Crippen LogP contribution in [0.1, 0.15) is 18.1 Å². The lowest BCUT2D eigenvalue weighted by Gasteiger charge is -2.13. The maximum absolute atomic E-state index is 9.55. The van der Waals surface area contributed by atoms with Crippen LogP contribution in [-0.4, -0.2) is 34.4 Å². The maximum atomic E-state index is 9.55. The third kappa shape index (κ3) is 3.57. The van der Waals surface area contributed by atoms with E-state index in [0.717, 1.165) is 16.6 Å². The van der Waals surface area contributed by atoms with Gasteiger partial charge in [0, 0.05) is 6.54 Å². The van der Waals surface area contributed by atoms with E-state index >= 15 is 0 Å². The number of nitriles is 1. The van der Waals surface area contributed by atoms with Crippen molar-refractivity contribution in [3.8, 4) is 11.8 Å². The number of aliphatic hydroxyl groups is 1. The van der Waals surface area contributed by atoms with Gasteiger partial charge in [-0.25, -0.2) is 4.98 Å². The van der Waals surface area contributed by atoms with Crippen LogP contribution >= 0.6 is 0 Å². The SMILES string of the molecule is COc1ccc(Cn2c(NCC(C)O)nc3ccccc32)cc1C#N. The van der Waals surface area contributed by atoms with Gasteiger partial charge in [0.2, 0.25) is 5.95 Å². The third-order valence-corrected chi connectivity index (χ3v) is 3.94. The van der Waals surface area contributed by atoms with Crippen LogP contribution in [0.4, 0.5) is 5.95 Å². The van der Waals surface area contributed by atoms with Crippen molar-refractivity contribution in [2.24, 2.45) is 0 Å². The quantitative estimate of drug-likeness (QED) is 0.723. The van der Waals surface area contributed by atoms with E-state index in [1.807, 2.05) is 41.0 Å². The Balaban J connectivity index is 1.99. The number of nitrogens with one attached hydrogen (secondary N) is 1. The highest BCUT2D eigenvalue weighted by molar-refractivity contribution is 5.78. The second-order valence-corrected chi connectivity index (χ2v) is 5.89. The smallest absolute Gasteiger partial charge is 0.204 e. The van der Waals surface area contributed by atoms with E-state index in [2.05, 4.69) is 16.4 Å². The Morgan fingerprint density at radius 3 is 2.84 bits per heavy atom. The van der Waals surface area contributed by atoms with E-state index in [1.54, 1.807) is 20.1 Å². The van der Waals surface area contributed by atoms with Gasteiger partial charge >= 0.3 is 0 Å². The number of fused-ring (bicyclic) bond motifs is 1. The zero-order chi connectivity index (χ0) is 17.8. The molecule has 1 unspecified atom stereocenters. The topological polar surface area (TPSA) is 83.1 Å². The van der Waals surface area contributed by atoms with Crippen molar-refractivity contribution in [1.29, 1.82) is 5.26 Å². The lowest BCUT2D eigenvalue weighted by atomic mass is 10.1. The van der Waals surface area contributed by atoms with Crippen molar-refractivity contribution in [2.75, 3.05) is 19.0 Å². The molecular weight excluding hydrogens is 316 g/mol. The molecule has 0 aliphatic rings. The number of hydrogen-bond donors (Lipinski definition) is 2. The Hall–Kier alpha value is -3.04. The summed E-state index contributed by atoms with van der Waals surface area (Å²) in [6.45, 7) is 2.69. The van der Waals surface area contributed by atoms with Crippen molar-refractivity contribution in [3.63, 3.8) is 0 Å². The first-order valence-electron chi connectivity index (χ1n) is 8.06. The van der Waals surface area contributed by atoms with Crippen LogP contribution in [0.25, 0.3) is 11.0 Å². The van der Waals surface area contributed by atoms with E-state index in [0.29, 0.717) is 30.4 Å². The number of benzene rings is 2. The van der Waals surface area contributed by atoms with Crippen LogP contribution in [-0.2, 0) is 6.54 Å². The van der Waals surface area contributed by atoms with Gasteiger partial charge in [0.25, 0.3) is 0 Å². The zero-order valence-corrected chi connectivity index (χ0v) is 14.2. The predicted molar refractivity (Wildman–Crippen MR) is 96.7 cm³/mol. The summed E-state index contributed by atoms with van der Waals surface area (Å²) in [5, 5.41) is 22.0. The molecule has 0 saturated heterocycles. The number of rotatable bonds is 6. The third-order valence-electron chi connectivity index (χ3n) is 3.94. The molecule has 0 saturated carbocycles. The molecule has 2 N–H and O–H groups in total. The summed E-state index contributed by atoms with van der Waals surface area (Å²) in [4.78, 5) is 4.61. The van der Waals surface area contributed by atoms with Crippen LogP contribution in [0, 0.1) is 11.3 Å². The first-order valence-corrected chi connectivity index (χ1v) is 8.06. The van der Waals surface area contributed by atoms with E-state index in [-0.39, 0.29) is 0 Å². The van der Waals surface area contributed by atoms with Crippen molar-refractivity contribution in [1.82, 2.24) is 9.55 Å². The van der Waals surface area contributed by atoms with Gasteiger partial charge in [-0.05, 0) is 36.8 Å². The summed E-state index contributed by atoms with van der Waals surface area (Å²) in [5.41, 5.74) is 3.35. The fraction of sp³-hybridized carbons (Fsp3) is 0.263. The summed E-state index contributed by atoms with van der Waals surface area (Å²) in [6.07, 6.45) is -0.473.